The molecule has 116 valence electrons. The van der Waals surface area contributed by atoms with E-state index in [-0.39, 0.29) is 5.97 Å². The number of rotatable bonds is 3. The predicted molar refractivity (Wildman–Crippen MR) is 88.3 cm³/mol. The molecule has 3 unspecified atom stereocenters. The summed E-state index contributed by atoms with van der Waals surface area (Å²) in [7, 11) is 1.41. The summed E-state index contributed by atoms with van der Waals surface area (Å²) in [6.45, 7) is 9.02. The molecular formula is C17H24BrNO2. The highest BCUT2D eigenvalue weighted by atomic mass is 79.9. The van der Waals surface area contributed by atoms with Crippen LogP contribution in [0.4, 0.5) is 0 Å². The van der Waals surface area contributed by atoms with Crippen LogP contribution in [0, 0.1) is 11.8 Å². The second-order valence-electron chi connectivity index (χ2n) is 6.29. The Kier molecular flexibility index (Phi) is 5.44. The monoisotopic (exact) mass is 353 g/mol. The highest BCUT2D eigenvalue weighted by molar-refractivity contribution is 9.10. The summed E-state index contributed by atoms with van der Waals surface area (Å²) >= 11 is 3.59. The maximum Gasteiger partial charge on any atom is 0.337 e. The lowest BCUT2D eigenvalue weighted by Gasteiger charge is -2.41. The summed E-state index contributed by atoms with van der Waals surface area (Å²) in [6, 6.07) is 6.30. The number of methoxy groups -OCH3 is 1. The molecule has 3 atom stereocenters. The van der Waals surface area contributed by atoms with E-state index in [2.05, 4.69) is 41.6 Å². The number of ether oxygens (including phenoxy) is 1. The zero-order valence-electron chi connectivity index (χ0n) is 13.2. The third-order valence-electron chi connectivity index (χ3n) is 4.57. The number of hydrogen-bond donors (Lipinski definition) is 0. The standard InChI is InChI=1S/C17H24BrNO2/c1-11-7-12(2)13(3)19(9-11)10-15-6-5-14(8-16(15)18)17(20)21-4/h5-6,8,11-13H,7,9-10H2,1-4H3. The minimum absolute atomic E-state index is 0.296. The van der Waals surface area contributed by atoms with E-state index in [9.17, 15) is 4.79 Å². The number of esters is 1. The average molecular weight is 354 g/mol. The molecular weight excluding hydrogens is 330 g/mol. The van der Waals surface area contributed by atoms with Crippen LogP contribution >= 0.6 is 15.9 Å². The van der Waals surface area contributed by atoms with E-state index in [4.69, 9.17) is 4.74 Å². The summed E-state index contributed by atoms with van der Waals surface area (Å²) in [5.74, 6) is 1.17. The largest absolute Gasteiger partial charge is 0.465 e. The van der Waals surface area contributed by atoms with Gasteiger partial charge in [-0.25, -0.2) is 4.79 Å². The Morgan fingerprint density at radius 2 is 2.10 bits per heavy atom. The quantitative estimate of drug-likeness (QED) is 0.766. The number of halogens is 1. The molecule has 1 fully saturated rings. The van der Waals surface area contributed by atoms with Gasteiger partial charge in [0.15, 0.2) is 0 Å². The van der Waals surface area contributed by atoms with Crippen LogP contribution in [0.2, 0.25) is 0 Å². The number of hydrogen-bond acceptors (Lipinski definition) is 3. The Morgan fingerprint density at radius 1 is 1.38 bits per heavy atom. The molecule has 0 N–H and O–H groups in total. The van der Waals surface area contributed by atoms with Crippen LogP contribution < -0.4 is 0 Å². The lowest BCUT2D eigenvalue weighted by molar-refractivity contribution is 0.0600. The van der Waals surface area contributed by atoms with Gasteiger partial charge >= 0.3 is 5.97 Å². The first kappa shape index (κ1) is 16.5. The summed E-state index contributed by atoms with van der Waals surface area (Å²) in [5.41, 5.74) is 1.80. The van der Waals surface area contributed by atoms with Crippen molar-refractivity contribution in [1.29, 1.82) is 0 Å². The van der Waals surface area contributed by atoms with Crippen LogP contribution in [0.25, 0.3) is 0 Å². The first-order valence-electron chi connectivity index (χ1n) is 7.53. The van der Waals surface area contributed by atoms with Gasteiger partial charge in [-0.3, -0.25) is 4.90 Å². The van der Waals surface area contributed by atoms with Gasteiger partial charge in [0, 0.05) is 23.6 Å². The number of carbonyl (C=O) groups excluding carboxylic acids is 1. The molecule has 0 amide bonds. The summed E-state index contributed by atoms with van der Waals surface area (Å²) < 4.78 is 5.73. The second-order valence-corrected chi connectivity index (χ2v) is 7.14. The highest BCUT2D eigenvalue weighted by Crippen LogP contribution is 2.30. The van der Waals surface area contributed by atoms with E-state index in [0.717, 1.165) is 29.4 Å². The molecule has 1 heterocycles. The third kappa shape index (κ3) is 3.86. The van der Waals surface area contributed by atoms with Crippen molar-refractivity contribution in [3.63, 3.8) is 0 Å². The fourth-order valence-corrected chi connectivity index (χ4v) is 3.68. The van der Waals surface area contributed by atoms with Gasteiger partial charge < -0.3 is 4.74 Å². The van der Waals surface area contributed by atoms with Crippen LogP contribution in [0.3, 0.4) is 0 Å². The first-order chi connectivity index (χ1) is 9.92. The number of benzene rings is 1. The van der Waals surface area contributed by atoms with Gasteiger partial charge in [-0.15, -0.1) is 0 Å². The van der Waals surface area contributed by atoms with E-state index < -0.39 is 0 Å². The molecule has 1 aliphatic heterocycles. The van der Waals surface area contributed by atoms with Gasteiger partial charge in [0.05, 0.1) is 12.7 Å². The molecule has 0 bridgehead atoms. The average Bonchev–Trinajstić information content (AvgIpc) is 2.45. The van der Waals surface area contributed by atoms with Gasteiger partial charge in [-0.05, 0) is 42.9 Å². The molecule has 1 aliphatic rings. The van der Waals surface area contributed by atoms with Gasteiger partial charge in [0.25, 0.3) is 0 Å². The van der Waals surface area contributed by atoms with Crippen LogP contribution in [0.15, 0.2) is 22.7 Å². The van der Waals surface area contributed by atoms with Crippen LogP contribution in [-0.4, -0.2) is 30.6 Å². The topological polar surface area (TPSA) is 29.5 Å². The Balaban J connectivity index is 2.14. The Labute approximate surface area is 135 Å². The van der Waals surface area contributed by atoms with E-state index in [0.29, 0.717) is 11.6 Å². The Morgan fingerprint density at radius 3 is 2.71 bits per heavy atom. The van der Waals surface area contributed by atoms with E-state index in [1.165, 1.54) is 19.1 Å². The van der Waals surface area contributed by atoms with Crippen molar-refractivity contribution in [3.05, 3.63) is 33.8 Å². The maximum absolute atomic E-state index is 11.6. The van der Waals surface area contributed by atoms with Crippen LogP contribution in [-0.2, 0) is 11.3 Å². The minimum Gasteiger partial charge on any atom is -0.465 e. The van der Waals surface area contributed by atoms with Crippen LogP contribution in [0.5, 0.6) is 0 Å². The predicted octanol–water partition coefficient (Wildman–Crippen LogP) is 4.10. The van der Waals surface area contributed by atoms with Gasteiger partial charge in [0.1, 0.15) is 0 Å². The van der Waals surface area contributed by atoms with E-state index in [1.807, 2.05) is 18.2 Å². The number of carbonyl (C=O) groups is 1. The molecule has 0 aromatic heterocycles. The van der Waals surface area contributed by atoms with E-state index in [1.54, 1.807) is 0 Å². The molecule has 0 spiro atoms. The fourth-order valence-electron chi connectivity index (χ4n) is 3.18. The molecule has 1 aromatic rings. The third-order valence-corrected chi connectivity index (χ3v) is 5.31. The zero-order valence-corrected chi connectivity index (χ0v) is 14.8. The normalized spacial score (nSPS) is 26.6. The molecule has 1 saturated heterocycles. The molecule has 21 heavy (non-hydrogen) atoms. The zero-order chi connectivity index (χ0) is 15.6. The smallest absolute Gasteiger partial charge is 0.337 e. The molecule has 2 rings (SSSR count). The lowest BCUT2D eigenvalue weighted by atomic mass is 9.86. The van der Waals surface area contributed by atoms with Crippen molar-refractivity contribution >= 4 is 21.9 Å². The number of nitrogens with zero attached hydrogens (tertiary/aromatic N) is 1. The van der Waals surface area contributed by atoms with Gasteiger partial charge in [-0.2, -0.15) is 0 Å². The van der Waals surface area contributed by atoms with Crippen molar-refractivity contribution in [2.75, 3.05) is 13.7 Å². The van der Waals surface area contributed by atoms with Crippen molar-refractivity contribution in [1.82, 2.24) is 4.90 Å². The first-order valence-corrected chi connectivity index (χ1v) is 8.32. The van der Waals surface area contributed by atoms with Gasteiger partial charge in [0.2, 0.25) is 0 Å². The summed E-state index contributed by atoms with van der Waals surface area (Å²) in [5, 5.41) is 0. The number of piperidine rings is 1. The molecule has 0 aliphatic carbocycles. The molecule has 3 nitrogen and oxygen atoms in total. The Bertz CT molecular complexity index is 518. The second kappa shape index (κ2) is 6.93. The van der Waals surface area contributed by atoms with Crippen molar-refractivity contribution in [2.45, 2.75) is 39.8 Å². The van der Waals surface area contributed by atoms with Gasteiger partial charge in [-0.1, -0.05) is 35.8 Å². The summed E-state index contributed by atoms with van der Waals surface area (Å²) in [4.78, 5) is 14.1. The summed E-state index contributed by atoms with van der Waals surface area (Å²) in [6.07, 6.45) is 1.31. The van der Waals surface area contributed by atoms with Crippen LogP contribution in [0.1, 0.15) is 43.1 Å². The highest BCUT2D eigenvalue weighted by Gasteiger charge is 2.28. The van der Waals surface area contributed by atoms with Crippen molar-refractivity contribution in [3.8, 4) is 0 Å². The van der Waals surface area contributed by atoms with Crippen molar-refractivity contribution < 1.29 is 9.53 Å². The maximum atomic E-state index is 11.6. The van der Waals surface area contributed by atoms with E-state index >= 15 is 0 Å². The molecule has 0 radical (unpaired) electrons. The number of likely N-dealkylation sites (tertiary alicyclic amines) is 1. The molecule has 4 heteroatoms. The Hall–Kier alpha value is -0.870. The van der Waals surface area contributed by atoms with Crippen molar-refractivity contribution in [2.24, 2.45) is 11.8 Å². The SMILES string of the molecule is COC(=O)c1ccc(CN2CC(C)CC(C)C2C)c(Br)c1. The molecule has 0 saturated carbocycles. The fraction of sp³-hybridized carbons (Fsp3) is 0.588. The lowest BCUT2D eigenvalue weighted by Crippen LogP contribution is -2.45. The molecule has 1 aromatic carbocycles. The minimum atomic E-state index is -0.296.